The smallest absolute Gasteiger partial charge is 0.227 e. The van der Waals surface area contributed by atoms with Gasteiger partial charge in [-0.05, 0) is 22.3 Å². The zero-order valence-electron chi connectivity index (χ0n) is 12.5. The molecule has 0 bridgehead atoms. The maximum atomic E-state index is 10.9. The SMILES string of the molecule is NC(=O)CSc1nnc(SC2c3ccccc3-c3ccccc32)s1. The average Bonchev–Trinajstić information content (AvgIpc) is 3.17. The predicted octanol–water partition coefficient (Wildman–Crippen LogP) is 3.98. The van der Waals surface area contributed by atoms with Crippen LogP contribution in [0.25, 0.3) is 11.1 Å². The number of aromatic nitrogens is 2. The summed E-state index contributed by atoms with van der Waals surface area (Å²) in [4.78, 5) is 10.9. The number of nitrogens with zero attached hydrogens (tertiary/aromatic N) is 2. The van der Waals surface area contributed by atoms with E-state index in [-0.39, 0.29) is 16.9 Å². The van der Waals surface area contributed by atoms with Gasteiger partial charge in [-0.3, -0.25) is 4.79 Å². The van der Waals surface area contributed by atoms with Crippen molar-refractivity contribution in [2.24, 2.45) is 5.73 Å². The molecule has 4 nitrogen and oxygen atoms in total. The lowest BCUT2D eigenvalue weighted by molar-refractivity contribution is -0.115. The van der Waals surface area contributed by atoms with Gasteiger partial charge in [-0.1, -0.05) is 83.4 Å². The highest BCUT2D eigenvalue weighted by Crippen LogP contribution is 2.52. The second-order valence-corrected chi connectivity index (χ2v) is 8.81. The van der Waals surface area contributed by atoms with Crippen LogP contribution in [-0.2, 0) is 4.79 Å². The van der Waals surface area contributed by atoms with Crippen molar-refractivity contribution in [2.75, 3.05) is 5.75 Å². The van der Waals surface area contributed by atoms with Crippen LogP contribution in [0.3, 0.4) is 0 Å². The van der Waals surface area contributed by atoms with Gasteiger partial charge in [0.05, 0.1) is 11.0 Å². The molecule has 2 aromatic carbocycles. The van der Waals surface area contributed by atoms with Crippen molar-refractivity contribution in [3.8, 4) is 11.1 Å². The Labute approximate surface area is 151 Å². The third-order valence-electron chi connectivity index (χ3n) is 3.72. The molecule has 0 unspecified atom stereocenters. The lowest BCUT2D eigenvalue weighted by Gasteiger charge is -2.10. The molecule has 1 aromatic heterocycles. The Morgan fingerprint density at radius 2 is 1.58 bits per heavy atom. The number of benzene rings is 2. The Morgan fingerprint density at radius 1 is 1.00 bits per heavy atom. The van der Waals surface area contributed by atoms with Crippen LogP contribution >= 0.6 is 34.9 Å². The minimum absolute atomic E-state index is 0.222. The van der Waals surface area contributed by atoms with E-state index < -0.39 is 0 Å². The maximum absolute atomic E-state index is 10.9. The highest BCUT2D eigenvalue weighted by atomic mass is 32.2. The summed E-state index contributed by atoms with van der Waals surface area (Å²) in [6.45, 7) is 0. The van der Waals surface area contributed by atoms with Crippen LogP contribution in [0.15, 0.2) is 57.2 Å². The fourth-order valence-electron chi connectivity index (χ4n) is 2.77. The monoisotopic (exact) mass is 371 g/mol. The first kappa shape index (κ1) is 15.7. The highest BCUT2D eigenvalue weighted by molar-refractivity contribution is 8.03. The second kappa shape index (κ2) is 6.58. The number of primary amides is 1. The maximum Gasteiger partial charge on any atom is 0.227 e. The highest BCUT2D eigenvalue weighted by Gasteiger charge is 2.29. The number of hydrogen-bond acceptors (Lipinski definition) is 6. The van der Waals surface area contributed by atoms with Crippen molar-refractivity contribution < 1.29 is 4.79 Å². The van der Waals surface area contributed by atoms with Crippen LogP contribution in [0.2, 0.25) is 0 Å². The summed E-state index contributed by atoms with van der Waals surface area (Å²) >= 11 is 4.55. The molecule has 0 radical (unpaired) electrons. The van der Waals surface area contributed by atoms with Crippen molar-refractivity contribution in [3.63, 3.8) is 0 Å². The Hall–Kier alpha value is -1.83. The lowest BCUT2D eigenvalue weighted by Crippen LogP contribution is -2.12. The number of hydrogen-bond donors (Lipinski definition) is 1. The minimum atomic E-state index is -0.344. The van der Waals surface area contributed by atoms with Gasteiger partial charge in [0.15, 0.2) is 8.68 Å². The van der Waals surface area contributed by atoms with Crippen LogP contribution in [0.5, 0.6) is 0 Å². The van der Waals surface area contributed by atoms with Gasteiger partial charge in [-0.25, -0.2) is 0 Å². The quantitative estimate of drug-likeness (QED) is 0.687. The molecule has 1 amide bonds. The molecule has 0 atom stereocenters. The van der Waals surface area contributed by atoms with E-state index >= 15 is 0 Å². The number of carbonyl (C=O) groups excluding carboxylic acids is 1. The number of fused-ring (bicyclic) bond motifs is 3. The van der Waals surface area contributed by atoms with Crippen LogP contribution in [0.1, 0.15) is 16.4 Å². The van der Waals surface area contributed by atoms with Crippen LogP contribution in [0, 0.1) is 0 Å². The number of rotatable bonds is 5. The first-order valence-electron chi connectivity index (χ1n) is 7.32. The summed E-state index contributed by atoms with van der Waals surface area (Å²) in [5.74, 6) is -0.114. The molecule has 0 spiro atoms. The van der Waals surface area contributed by atoms with Crippen molar-refractivity contribution in [1.82, 2.24) is 10.2 Å². The predicted molar refractivity (Wildman–Crippen MR) is 99.4 cm³/mol. The second-order valence-electron chi connectivity index (χ2n) is 5.26. The number of nitrogens with two attached hydrogens (primary N) is 1. The molecule has 1 aliphatic carbocycles. The Kier molecular flexibility index (Phi) is 4.30. The van der Waals surface area contributed by atoms with Crippen molar-refractivity contribution in [3.05, 3.63) is 59.7 Å². The summed E-state index contributed by atoms with van der Waals surface area (Å²) in [6.07, 6.45) is 0. The first-order chi connectivity index (χ1) is 11.7. The van der Waals surface area contributed by atoms with Gasteiger partial charge in [0.1, 0.15) is 0 Å². The van der Waals surface area contributed by atoms with E-state index in [1.165, 1.54) is 45.4 Å². The van der Waals surface area contributed by atoms with Gasteiger partial charge in [0, 0.05) is 0 Å². The summed E-state index contributed by atoms with van der Waals surface area (Å²) in [5, 5.41) is 8.63. The molecule has 0 aliphatic heterocycles. The number of thioether (sulfide) groups is 2. The van der Waals surface area contributed by atoms with Crippen molar-refractivity contribution in [2.45, 2.75) is 13.9 Å². The fraction of sp³-hybridized carbons (Fsp3) is 0.118. The zero-order chi connectivity index (χ0) is 16.5. The Balaban J connectivity index is 1.62. The molecule has 1 aliphatic rings. The molecule has 0 saturated carbocycles. The average molecular weight is 372 g/mol. The van der Waals surface area contributed by atoms with Crippen LogP contribution in [0.4, 0.5) is 0 Å². The van der Waals surface area contributed by atoms with E-state index in [1.54, 1.807) is 11.8 Å². The molecule has 7 heteroatoms. The summed E-state index contributed by atoms with van der Waals surface area (Å²) in [7, 11) is 0. The molecular weight excluding hydrogens is 358 g/mol. The number of carbonyl (C=O) groups is 1. The molecule has 4 rings (SSSR count). The third-order valence-corrected chi connectivity index (χ3v) is 7.16. The van der Waals surface area contributed by atoms with E-state index in [1.807, 2.05) is 0 Å². The van der Waals surface area contributed by atoms with E-state index in [2.05, 4.69) is 58.7 Å². The molecule has 2 N–H and O–H groups in total. The molecular formula is C17H13N3OS3. The summed E-state index contributed by atoms with van der Waals surface area (Å²) < 4.78 is 1.68. The van der Waals surface area contributed by atoms with Gasteiger partial charge in [0.2, 0.25) is 5.91 Å². The summed E-state index contributed by atoms with van der Waals surface area (Å²) in [6, 6.07) is 17.0. The molecule has 3 aromatic rings. The summed E-state index contributed by atoms with van der Waals surface area (Å²) in [5.41, 5.74) is 10.4. The molecule has 0 saturated heterocycles. The topological polar surface area (TPSA) is 68.9 Å². The molecule has 1 heterocycles. The van der Waals surface area contributed by atoms with Crippen LogP contribution in [-0.4, -0.2) is 21.9 Å². The number of amides is 1. The first-order valence-corrected chi connectivity index (χ1v) is 10.00. The van der Waals surface area contributed by atoms with E-state index in [9.17, 15) is 4.79 Å². The Morgan fingerprint density at radius 3 is 2.21 bits per heavy atom. The third kappa shape index (κ3) is 2.94. The minimum Gasteiger partial charge on any atom is -0.369 e. The van der Waals surface area contributed by atoms with E-state index in [0.29, 0.717) is 0 Å². The molecule has 24 heavy (non-hydrogen) atoms. The van der Waals surface area contributed by atoms with Gasteiger partial charge in [-0.2, -0.15) is 0 Å². The standard InChI is InChI=1S/C17H13N3OS3/c18-14(21)9-22-16-19-20-17(24-16)23-15-12-7-3-1-5-10(12)11-6-2-4-8-13(11)15/h1-8,15H,9H2,(H2,18,21). The lowest BCUT2D eigenvalue weighted by atomic mass is 10.1. The Bertz CT molecular complexity index is 864. The van der Waals surface area contributed by atoms with Gasteiger partial charge >= 0.3 is 0 Å². The van der Waals surface area contributed by atoms with Gasteiger partial charge in [0.25, 0.3) is 0 Å². The zero-order valence-corrected chi connectivity index (χ0v) is 15.0. The normalized spacial score (nSPS) is 12.8. The molecule has 0 fully saturated rings. The van der Waals surface area contributed by atoms with E-state index in [0.717, 1.165) is 8.68 Å². The fourth-order valence-corrected chi connectivity index (χ4v) is 5.93. The molecule has 120 valence electrons. The van der Waals surface area contributed by atoms with Gasteiger partial charge in [-0.15, -0.1) is 10.2 Å². The van der Waals surface area contributed by atoms with Crippen molar-refractivity contribution in [1.29, 1.82) is 0 Å². The largest absolute Gasteiger partial charge is 0.369 e. The van der Waals surface area contributed by atoms with Gasteiger partial charge < -0.3 is 5.73 Å². The van der Waals surface area contributed by atoms with E-state index in [4.69, 9.17) is 5.73 Å². The van der Waals surface area contributed by atoms with Crippen LogP contribution < -0.4 is 5.73 Å². The van der Waals surface area contributed by atoms with Crippen molar-refractivity contribution >= 4 is 40.8 Å².